The molecule has 18 heavy (non-hydrogen) atoms. The number of nitro groups is 1. The highest BCUT2D eigenvalue weighted by Gasteiger charge is 2.13. The number of hydrogen-bond acceptors (Lipinski definition) is 5. The van der Waals surface area contributed by atoms with Crippen LogP contribution in [0.5, 0.6) is 0 Å². The molecular formula is C12H20N4O2. The number of hydrazine groups is 1. The lowest BCUT2D eigenvalue weighted by molar-refractivity contribution is -0.384. The monoisotopic (exact) mass is 252 g/mol. The van der Waals surface area contributed by atoms with Crippen molar-refractivity contribution in [3.05, 3.63) is 33.9 Å². The maximum absolute atomic E-state index is 10.8. The Morgan fingerprint density at radius 3 is 2.67 bits per heavy atom. The second-order valence-corrected chi connectivity index (χ2v) is 4.84. The van der Waals surface area contributed by atoms with E-state index in [2.05, 4.69) is 24.2 Å². The summed E-state index contributed by atoms with van der Waals surface area (Å²) in [4.78, 5) is 12.5. The van der Waals surface area contributed by atoms with Crippen molar-refractivity contribution in [1.29, 1.82) is 0 Å². The number of benzene rings is 1. The van der Waals surface area contributed by atoms with Gasteiger partial charge in [-0.2, -0.15) is 0 Å². The van der Waals surface area contributed by atoms with Crippen LogP contribution < -0.4 is 11.3 Å². The SMILES string of the molecule is CC(C)CN(C)Cc1ccc([N+](=O)[O-])c(NN)c1. The molecule has 0 aliphatic rings. The minimum atomic E-state index is -0.448. The zero-order valence-corrected chi connectivity index (χ0v) is 11.0. The summed E-state index contributed by atoms with van der Waals surface area (Å²) in [6.07, 6.45) is 0. The number of nitrogens with zero attached hydrogens (tertiary/aromatic N) is 2. The Bertz CT molecular complexity index is 421. The summed E-state index contributed by atoms with van der Waals surface area (Å²) >= 11 is 0. The van der Waals surface area contributed by atoms with Gasteiger partial charge >= 0.3 is 0 Å². The summed E-state index contributed by atoms with van der Waals surface area (Å²) in [6, 6.07) is 4.96. The molecule has 1 aromatic carbocycles. The summed E-state index contributed by atoms with van der Waals surface area (Å²) < 4.78 is 0. The van der Waals surface area contributed by atoms with Crippen LogP contribution in [0.2, 0.25) is 0 Å². The number of nitrogen functional groups attached to an aromatic ring is 1. The van der Waals surface area contributed by atoms with Gasteiger partial charge in [-0.3, -0.25) is 16.0 Å². The van der Waals surface area contributed by atoms with E-state index in [1.165, 1.54) is 6.07 Å². The molecule has 0 unspecified atom stereocenters. The largest absolute Gasteiger partial charge is 0.318 e. The highest BCUT2D eigenvalue weighted by molar-refractivity contribution is 5.62. The number of anilines is 1. The number of rotatable bonds is 6. The normalized spacial score (nSPS) is 11.0. The second-order valence-electron chi connectivity index (χ2n) is 4.84. The molecule has 6 heteroatoms. The molecule has 100 valence electrons. The van der Waals surface area contributed by atoms with Crippen LogP contribution in [0.4, 0.5) is 11.4 Å². The molecule has 0 saturated carbocycles. The Hall–Kier alpha value is -1.66. The fourth-order valence-electron chi connectivity index (χ4n) is 1.96. The molecule has 0 bridgehead atoms. The summed E-state index contributed by atoms with van der Waals surface area (Å²) in [5, 5.41) is 10.8. The molecule has 0 aliphatic heterocycles. The van der Waals surface area contributed by atoms with Crippen molar-refractivity contribution in [3.63, 3.8) is 0 Å². The zero-order valence-electron chi connectivity index (χ0n) is 11.0. The van der Waals surface area contributed by atoms with Gasteiger partial charge in [0.2, 0.25) is 0 Å². The Kier molecular flexibility index (Phi) is 5.06. The van der Waals surface area contributed by atoms with Crippen LogP contribution in [-0.2, 0) is 6.54 Å². The van der Waals surface area contributed by atoms with E-state index in [1.54, 1.807) is 12.1 Å². The number of nitrogens with one attached hydrogen (secondary N) is 1. The fourth-order valence-corrected chi connectivity index (χ4v) is 1.96. The minimum Gasteiger partial charge on any atom is -0.318 e. The van der Waals surface area contributed by atoms with E-state index in [9.17, 15) is 10.1 Å². The first-order valence-electron chi connectivity index (χ1n) is 5.86. The quantitative estimate of drug-likeness (QED) is 0.459. The molecule has 3 N–H and O–H groups in total. The predicted molar refractivity (Wildman–Crippen MR) is 72.1 cm³/mol. The van der Waals surface area contributed by atoms with Gasteiger partial charge < -0.3 is 10.3 Å². The van der Waals surface area contributed by atoms with Crippen molar-refractivity contribution >= 4 is 11.4 Å². The standard InChI is InChI=1S/C12H20N4O2/c1-9(2)7-15(3)8-10-4-5-12(16(17)18)11(6-10)14-13/h4-6,9,14H,7-8,13H2,1-3H3. The van der Waals surface area contributed by atoms with E-state index < -0.39 is 4.92 Å². The third kappa shape index (κ3) is 3.97. The third-order valence-corrected chi connectivity index (χ3v) is 2.54. The van der Waals surface area contributed by atoms with Crippen molar-refractivity contribution in [1.82, 2.24) is 4.90 Å². The Labute approximate surface area is 107 Å². The first-order valence-corrected chi connectivity index (χ1v) is 5.86. The maximum Gasteiger partial charge on any atom is 0.293 e. The molecule has 0 fully saturated rings. The van der Waals surface area contributed by atoms with Gasteiger partial charge in [0.15, 0.2) is 0 Å². The van der Waals surface area contributed by atoms with Gasteiger partial charge in [-0.1, -0.05) is 19.9 Å². The first-order chi connectivity index (χ1) is 8.43. The molecule has 0 atom stereocenters. The highest BCUT2D eigenvalue weighted by atomic mass is 16.6. The van der Waals surface area contributed by atoms with Crippen molar-refractivity contribution in [2.24, 2.45) is 11.8 Å². The van der Waals surface area contributed by atoms with Gasteiger partial charge in [-0.05, 0) is 24.6 Å². The fraction of sp³-hybridized carbons (Fsp3) is 0.500. The average molecular weight is 252 g/mol. The molecule has 0 amide bonds. The predicted octanol–water partition coefficient (Wildman–Crippen LogP) is 1.97. The summed E-state index contributed by atoms with van der Waals surface area (Å²) in [7, 11) is 2.02. The lowest BCUT2D eigenvalue weighted by Crippen LogP contribution is -2.22. The first kappa shape index (κ1) is 14.4. The molecule has 1 rings (SSSR count). The molecule has 6 nitrogen and oxygen atoms in total. The lowest BCUT2D eigenvalue weighted by atomic mass is 10.1. The van der Waals surface area contributed by atoms with Crippen LogP contribution in [0, 0.1) is 16.0 Å². The summed E-state index contributed by atoms with van der Waals surface area (Å²) in [5.41, 5.74) is 3.70. The van der Waals surface area contributed by atoms with Crippen LogP contribution in [-0.4, -0.2) is 23.4 Å². The minimum absolute atomic E-state index is 0.00670. The van der Waals surface area contributed by atoms with Gasteiger partial charge in [0.1, 0.15) is 5.69 Å². The van der Waals surface area contributed by atoms with Gasteiger partial charge in [0.05, 0.1) is 4.92 Å². The van der Waals surface area contributed by atoms with E-state index in [0.29, 0.717) is 11.6 Å². The smallest absolute Gasteiger partial charge is 0.293 e. The molecule has 0 spiro atoms. The molecule has 0 radical (unpaired) electrons. The Balaban J connectivity index is 2.82. The van der Waals surface area contributed by atoms with Crippen molar-refractivity contribution in [3.8, 4) is 0 Å². The van der Waals surface area contributed by atoms with Gasteiger partial charge in [0, 0.05) is 19.2 Å². The Morgan fingerprint density at radius 1 is 1.50 bits per heavy atom. The number of nitro benzene ring substituents is 1. The summed E-state index contributed by atoms with van der Waals surface area (Å²) in [5.74, 6) is 5.88. The van der Waals surface area contributed by atoms with E-state index in [1.807, 2.05) is 7.05 Å². The maximum atomic E-state index is 10.8. The van der Waals surface area contributed by atoms with Crippen LogP contribution >= 0.6 is 0 Å². The van der Waals surface area contributed by atoms with Crippen LogP contribution in [0.15, 0.2) is 18.2 Å². The van der Waals surface area contributed by atoms with Crippen LogP contribution in [0.25, 0.3) is 0 Å². The van der Waals surface area contributed by atoms with Crippen LogP contribution in [0.1, 0.15) is 19.4 Å². The van der Waals surface area contributed by atoms with Gasteiger partial charge in [0.25, 0.3) is 5.69 Å². The van der Waals surface area contributed by atoms with E-state index in [4.69, 9.17) is 5.84 Å². The van der Waals surface area contributed by atoms with Crippen molar-refractivity contribution < 1.29 is 4.92 Å². The molecule has 1 aromatic rings. The van der Waals surface area contributed by atoms with Crippen molar-refractivity contribution in [2.75, 3.05) is 19.0 Å². The Morgan fingerprint density at radius 2 is 2.17 bits per heavy atom. The number of hydrogen-bond donors (Lipinski definition) is 2. The van der Waals surface area contributed by atoms with Gasteiger partial charge in [-0.25, -0.2) is 0 Å². The molecular weight excluding hydrogens is 232 g/mol. The lowest BCUT2D eigenvalue weighted by Gasteiger charge is -2.19. The third-order valence-electron chi connectivity index (χ3n) is 2.54. The van der Waals surface area contributed by atoms with E-state index in [0.717, 1.165) is 18.7 Å². The average Bonchev–Trinajstić information content (AvgIpc) is 2.27. The topological polar surface area (TPSA) is 84.4 Å². The second kappa shape index (κ2) is 6.32. The highest BCUT2D eigenvalue weighted by Crippen LogP contribution is 2.24. The molecule has 0 heterocycles. The van der Waals surface area contributed by atoms with Gasteiger partial charge in [-0.15, -0.1) is 0 Å². The molecule has 0 saturated heterocycles. The number of nitrogens with two attached hydrogens (primary N) is 1. The zero-order chi connectivity index (χ0) is 13.7. The molecule has 0 aromatic heterocycles. The van der Waals surface area contributed by atoms with Crippen LogP contribution in [0.3, 0.4) is 0 Å². The summed E-state index contributed by atoms with van der Waals surface area (Å²) in [6.45, 7) is 6.02. The van der Waals surface area contributed by atoms with E-state index >= 15 is 0 Å². The molecule has 0 aliphatic carbocycles. The van der Waals surface area contributed by atoms with Crippen molar-refractivity contribution in [2.45, 2.75) is 20.4 Å². The van der Waals surface area contributed by atoms with E-state index in [-0.39, 0.29) is 5.69 Å².